The van der Waals surface area contributed by atoms with Crippen LogP contribution in [0.15, 0.2) is 30.3 Å². The number of hydrogen-bond acceptors (Lipinski definition) is 7. The molecule has 1 amide bonds. The Morgan fingerprint density at radius 1 is 1.17 bits per heavy atom. The molecule has 0 bridgehead atoms. The van der Waals surface area contributed by atoms with Crippen molar-refractivity contribution >= 4 is 24.0 Å². The second kappa shape index (κ2) is 11.9. The Hall–Kier alpha value is -2.94. The molecule has 0 heterocycles. The summed E-state index contributed by atoms with van der Waals surface area (Å²) in [7, 11) is 1.44. The third-order valence-electron chi connectivity index (χ3n) is 3.98. The van der Waals surface area contributed by atoms with E-state index in [-0.39, 0.29) is 25.5 Å². The van der Waals surface area contributed by atoms with Gasteiger partial charge in [0, 0.05) is 6.92 Å². The second-order valence-electron chi connectivity index (χ2n) is 7.45. The molecule has 9 nitrogen and oxygen atoms in total. The van der Waals surface area contributed by atoms with Gasteiger partial charge in [-0.25, -0.2) is 19.8 Å². The molecule has 1 rings (SSSR count). The van der Waals surface area contributed by atoms with E-state index in [1.165, 1.54) is 14.0 Å². The van der Waals surface area contributed by atoms with Gasteiger partial charge >= 0.3 is 24.0 Å². The standard InChI is InChI=1S/C21H32N3O6/c1-6-14-24(5,30-17(4)25)20(22)23(21(27)28-15-16(2)3)29-19(26)13-12-18-10-8-7-9-11-18/h7-11,16,22H,6,12-15H2,1-5H3/q+1. The highest BCUT2D eigenvalue weighted by atomic mass is 16.8. The van der Waals surface area contributed by atoms with Crippen LogP contribution >= 0.6 is 0 Å². The molecular weight excluding hydrogens is 390 g/mol. The van der Waals surface area contributed by atoms with Gasteiger partial charge in [0.1, 0.15) is 13.6 Å². The molecule has 0 aliphatic rings. The molecule has 0 aliphatic carbocycles. The average Bonchev–Trinajstić information content (AvgIpc) is 2.68. The molecule has 166 valence electrons. The number of nitrogens with one attached hydrogen (secondary N) is 1. The Kier molecular flexibility index (Phi) is 9.97. The number of carbonyl (C=O) groups is 3. The van der Waals surface area contributed by atoms with Crippen molar-refractivity contribution in [2.24, 2.45) is 5.92 Å². The Labute approximate surface area is 177 Å². The van der Waals surface area contributed by atoms with Gasteiger partial charge in [-0.1, -0.05) is 55.7 Å². The minimum Gasteiger partial charge on any atom is -0.447 e. The SMILES string of the molecule is CCC[N+](C)(OC(C)=O)C(=N)N(OC(=O)CCc1ccccc1)C(=O)OCC(C)C. The lowest BCUT2D eigenvalue weighted by Crippen LogP contribution is -2.59. The molecule has 0 saturated heterocycles. The molecule has 0 aromatic heterocycles. The van der Waals surface area contributed by atoms with Crippen LogP contribution in [-0.4, -0.2) is 53.9 Å². The molecule has 1 aromatic carbocycles. The molecule has 0 saturated carbocycles. The monoisotopic (exact) mass is 422 g/mol. The third kappa shape index (κ3) is 8.20. The van der Waals surface area contributed by atoms with Crippen molar-refractivity contribution in [2.45, 2.75) is 47.0 Å². The van der Waals surface area contributed by atoms with Crippen molar-refractivity contribution in [3.05, 3.63) is 35.9 Å². The molecule has 0 radical (unpaired) electrons. The van der Waals surface area contributed by atoms with Crippen LogP contribution in [0.4, 0.5) is 4.79 Å². The smallest absolute Gasteiger partial charge is 0.447 e. The number of aryl methyl sites for hydroxylation is 1. The Balaban J connectivity index is 2.99. The van der Waals surface area contributed by atoms with E-state index in [1.54, 1.807) is 0 Å². The number of hydroxylamine groups is 5. The van der Waals surface area contributed by atoms with Gasteiger partial charge < -0.3 is 9.57 Å². The highest BCUT2D eigenvalue weighted by molar-refractivity contribution is 5.89. The lowest BCUT2D eigenvalue weighted by Gasteiger charge is -2.32. The molecule has 1 unspecified atom stereocenters. The van der Waals surface area contributed by atoms with Crippen LogP contribution in [-0.2, 0) is 30.4 Å². The summed E-state index contributed by atoms with van der Waals surface area (Å²) in [6.07, 6.45) is -0.0685. The van der Waals surface area contributed by atoms with Gasteiger partial charge in [-0.05, 0) is 29.4 Å². The highest BCUT2D eigenvalue weighted by Crippen LogP contribution is 2.15. The van der Waals surface area contributed by atoms with E-state index >= 15 is 0 Å². The first kappa shape index (κ1) is 25.1. The molecule has 1 aromatic rings. The molecule has 0 spiro atoms. The van der Waals surface area contributed by atoms with Crippen molar-refractivity contribution < 1.29 is 33.4 Å². The molecule has 0 aliphatic heterocycles. The van der Waals surface area contributed by atoms with E-state index in [0.717, 1.165) is 5.56 Å². The Morgan fingerprint density at radius 2 is 1.80 bits per heavy atom. The summed E-state index contributed by atoms with van der Waals surface area (Å²) in [5.41, 5.74) is 0.935. The maximum atomic E-state index is 12.6. The van der Waals surface area contributed by atoms with Gasteiger partial charge in [0.05, 0.1) is 13.0 Å². The number of ether oxygens (including phenoxy) is 1. The minimum absolute atomic E-state index is 0.00366. The van der Waals surface area contributed by atoms with E-state index in [2.05, 4.69) is 0 Å². The number of amides is 1. The number of carbonyl (C=O) groups excluding carboxylic acids is 3. The Bertz CT molecular complexity index is 738. The zero-order chi connectivity index (χ0) is 22.7. The summed E-state index contributed by atoms with van der Waals surface area (Å²) in [6, 6.07) is 9.34. The van der Waals surface area contributed by atoms with Crippen molar-refractivity contribution in [3.63, 3.8) is 0 Å². The molecule has 1 atom stereocenters. The first-order valence-electron chi connectivity index (χ1n) is 9.95. The quantitative estimate of drug-likeness (QED) is 0.312. The highest BCUT2D eigenvalue weighted by Gasteiger charge is 2.43. The first-order chi connectivity index (χ1) is 14.1. The summed E-state index contributed by atoms with van der Waals surface area (Å²) in [4.78, 5) is 47.0. The maximum Gasteiger partial charge on any atom is 0.454 e. The number of nitrogens with zero attached hydrogens (tertiary/aromatic N) is 2. The van der Waals surface area contributed by atoms with Crippen LogP contribution < -0.4 is 0 Å². The topological polar surface area (TPSA) is 106 Å². The summed E-state index contributed by atoms with van der Waals surface area (Å²) in [5.74, 6) is -1.84. The van der Waals surface area contributed by atoms with Crippen molar-refractivity contribution in [1.82, 2.24) is 5.06 Å². The Morgan fingerprint density at radius 3 is 2.33 bits per heavy atom. The molecule has 9 heteroatoms. The predicted octanol–water partition coefficient (Wildman–Crippen LogP) is 3.44. The molecule has 1 N–H and O–H groups in total. The normalized spacial score (nSPS) is 12.6. The first-order valence-corrected chi connectivity index (χ1v) is 9.95. The lowest BCUT2D eigenvalue weighted by atomic mass is 10.1. The predicted molar refractivity (Wildman–Crippen MR) is 110 cm³/mol. The van der Waals surface area contributed by atoms with Gasteiger partial charge in [-0.3, -0.25) is 4.84 Å². The second-order valence-corrected chi connectivity index (χ2v) is 7.45. The number of guanidine groups is 1. The van der Waals surface area contributed by atoms with Crippen LogP contribution in [0.5, 0.6) is 0 Å². The van der Waals surface area contributed by atoms with Crippen LogP contribution in [0.3, 0.4) is 0 Å². The van der Waals surface area contributed by atoms with Gasteiger partial charge in [-0.15, -0.1) is 0 Å². The van der Waals surface area contributed by atoms with E-state index < -0.39 is 28.6 Å². The fourth-order valence-corrected chi connectivity index (χ4v) is 2.60. The number of quaternary nitrogens is 1. The van der Waals surface area contributed by atoms with Crippen molar-refractivity contribution in [1.29, 1.82) is 5.41 Å². The van der Waals surface area contributed by atoms with Gasteiger partial charge in [0.15, 0.2) is 0 Å². The van der Waals surface area contributed by atoms with Crippen LogP contribution in [0.2, 0.25) is 0 Å². The number of hydrogen-bond donors (Lipinski definition) is 1. The van der Waals surface area contributed by atoms with Crippen LogP contribution in [0, 0.1) is 11.3 Å². The zero-order valence-electron chi connectivity index (χ0n) is 18.3. The summed E-state index contributed by atoms with van der Waals surface area (Å²) in [5, 5.41) is 8.91. The van der Waals surface area contributed by atoms with Crippen LogP contribution in [0.25, 0.3) is 0 Å². The average molecular weight is 423 g/mol. The maximum absolute atomic E-state index is 12.6. The molecule has 30 heavy (non-hydrogen) atoms. The summed E-state index contributed by atoms with van der Waals surface area (Å²) in [6.45, 7) is 7.02. The minimum atomic E-state index is -1.02. The fourth-order valence-electron chi connectivity index (χ4n) is 2.60. The van der Waals surface area contributed by atoms with E-state index in [4.69, 9.17) is 19.8 Å². The third-order valence-corrected chi connectivity index (χ3v) is 3.98. The van der Waals surface area contributed by atoms with Gasteiger partial charge in [0.2, 0.25) is 0 Å². The number of rotatable bonds is 7. The van der Waals surface area contributed by atoms with Gasteiger partial charge in [0.25, 0.3) is 0 Å². The van der Waals surface area contributed by atoms with Gasteiger partial charge in [-0.2, -0.15) is 0 Å². The van der Waals surface area contributed by atoms with Crippen molar-refractivity contribution in [2.75, 3.05) is 20.2 Å². The van der Waals surface area contributed by atoms with E-state index in [9.17, 15) is 14.4 Å². The number of benzene rings is 1. The molecule has 0 fully saturated rings. The van der Waals surface area contributed by atoms with Crippen LogP contribution in [0.1, 0.15) is 46.1 Å². The lowest BCUT2D eigenvalue weighted by molar-refractivity contribution is -1.01. The fraction of sp³-hybridized carbons (Fsp3) is 0.524. The summed E-state index contributed by atoms with van der Waals surface area (Å²) >= 11 is 0. The zero-order valence-corrected chi connectivity index (χ0v) is 18.3. The van der Waals surface area contributed by atoms with Crippen molar-refractivity contribution in [3.8, 4) is 0 Å². The van der Waals surface area contributed by atoms with E-state index in [0.29, 0.717) is 17.9 Å². The van der Waals surface area contributed by atoms with E-state index in [1.807, 2.05) is 51.1 Å². The largest absolute Gasteiger partial charge is 0.454 e. The molecular formula is C21H32N3O6+. The summed E-state index contributed by atoms with van der Waals surface area (Å²) < 4.78 is 4.48.